The van der Waals surface area contributed by atoms with Crippen LogP contribution in [-0.4, -0.2) is 58.3 Å². The molecular formula is C32H40N6O. The number of hydrogen-bond donors (Lipinski definition) is 3. The molecule has 1 saturated heterocycles. The van der Waals surface area contributed by atoms with E-state index >= 15 is 0 Å². The third-order valence-corrected chi connectivity index (χ3v) is 8.41. The number of pyridine rings is 1. The van der Waals surface area contributed by atoms with Crippen LogP contribution >= 0.6 is 0 Å². The summed E-state index contributed by atoms with van der Waals surface area (Å²) >= 11 is 0. The number of nitrogens with zero attached hydrogens (tertiary/aromatic N) is 3. The lowest BCUT2D eigenvalue weighted by Gasteiger charge is -2.50. The molecule has 4 atom stereocenters. The first-order valence-electron chi connectivity index (χ1n) is 14.2. The fourth-order valence-corrected chi connectivity index (χ4v) is 6.62. The molecule has 2 fully saturated rings. The fraction of sp³-hybridized carbons (Fsp3) is 0.406. The van der Waals surface area contributed by atoms with Gasteiger partial charge < -0.3 is 26.4 Å². The van der Waals surface area contributed by atoms with Gasteiger partial charge in [0, 0.05) is 60.0 Å². The number of nitrogens with one attached hydrogen (secondary N) is 1. The van der Waals surface area contributed by atoms with Gasteiger partial charge in [-0.1, -0.05) is 48.5 Å². The lowest BCUT2D eigenvalue weighted by Crippen LogP contribution is -2.58. The summed E-state index contributed by atoms with van der Waals surface area (Å²) in [4.78, 5) is 9.90. The first kappa shape index (κ1) is 25.9. The van der Waals surface area contributed by atoms with Crippen LogP contribution in [0.2, 0.25) is 0 Å². The third kappa shape index (κ3) is 5.02. The Labute approximate surface area is 231 Å². The molecule has 2 aromatic carbocycles. The fourth-order valence-electron chi connectivity index (χ4n) is 6.62. The number of ether oxygens (including phenoxy) is 1. The maximum atomic E-state index is 6.60. The van der Waals surface area contributed by atoms with Crippen molar-refractivity contribution in [3.8, 4) is 11.3 Å². The Morgan fingerprint density at radius 2 is 1.72 bits per heavy atom. The monoisotopic (exact) mass is 524 g/mol. The normalized spacial score (nSPS) is 28.6. The quantitative estimate of drug-likeness (QED) is 0.438. The van der Waals surface area contributed by atoms with E-state index in [4.69, 9.17) is 21.2 Å². The second-order valence-corrected chi connectivity index (χ2v) is 11.5. The molecule has 3 aliphatic rings. The highest BCUT2D eigenvalue weighted by Crippen LogP contribution is 2.42. The van der Waals surface area contributed by atoms with Crippen LogP contribution in [0.15, 0.2) is 78.8 Å². The SMILES string of the molecule is CC1CN(C2CC(C3NC(c4ccc5ccc(-c6ccccc6)nc5c4)=C(C(C)N)N3/C=C\N)C2)CC(C)O1. The molecule has 0 radical (unpaired) electrons. The van der Waals surface area contributed by atoms with Crippen molar-refractivity contribution in [3.05, 3.63) is 84.3 Å². The van der Waals surface area contributed by atoms with E-state index in [9.17, 15) is 0 Å². The molecule has 3 aromatic rings. The number of morpholine rings is 1. The smallest absolute Gasteiger partial charge is 0.106 e. The minimum atomic E-state index is -0.162. The average molecular weight is 525 g/mol. The third-order valence-electron chi connectivity index (χ3n) is 8.41. The van der Waals surface area contributed by atoms with Crippen LogP contribution in [0.5, 0.6) is 0 Å². The first-order chi connectivity index (χ1) is 18.9. The van der Waals surface area contributed by atoms with E-state index in [1.54, 1.807) is 6.20 Å². The number of fused-ring (bicyclic) bond motifs is 1. The molecule has 5 N–H and O–H groups in total. The molecule has 7 nitrogen and oxygen atoms in total. The summed E-state index contributed by atoms with van der Waals surface area (Å²) in [5, 5.41) is 4.99. The van der Waals surface area contributed by atoms with E-state index in [0.29, 0.717) is 12.0 Å². The van der Waals surface area contributed by atoms with E-state index in [0.717, 1.165) is 65.0 Å². The van der Waals surface area contributed by atoms with Gasteiger partial charge in [0.15, 0.2) is 0 Å². The molecule has 1 aliphatic carbocycles. The van der Waals surface area contributed by atoms with Crippen LogP contribution in [0, 0.1) is 5.92 Å². The summed E-state index contributed by atoms with van der Waals surface area (Å²) in [6.07, 6.45) is 6.58. The van der Waals surface area contributed by atoms with Crippen molar-refractivity contribution in [1.82, 2.24) is 20.1 Å². The van der Waals surface area contributed by atoms with Crippen LogP contribution in [0.25, 0.3) is 27.9 Å². The predicted molar refractivity (Wildman–Crippen MR) is 158 cm³/mol. The highest BCUT2D eigenvalue weighted by Gasteiger charge is 2.45. The Morgan fingerprint density at radius 3 is 2.41 bits per heavy atom. The van der Waals surface area contributed by atoms with Crippen LogP contribution < -0.4 is 16.8 Å². The minimum Gasteiger partial charge on any atom is -0.403 e. The summed E-state index contributed by atoms with van der Waals surface area (Å²) in [5.41, 5.74) is 18.8. The van der Waals surface area contributed by atoms with Gasteiger partial charge in [-0.2, -0.15) is 0 Å². The van der Waals surface area contributed by atoms with Gasteiger partial charge in [-0.25, -0.2) is 4.98 Å². The van der Waals surface area contributed by atoms with Gasteiger partial charge in [0.1, 0.15) is 6.17 Å². The van der Waals surface area contributed by atoms with Gasteiger partial charge in [-0.05, 0) is 45.7 Å². The Kier molecular flexibility index (Phi) is 7.06. The molecule has 7 heteroatoms. The molecule has 2 aliphatic heterocycles. The van der Waals surface area contributed by atoms with Crippen molar-refractivity contribution < 1.29 is 4.74 Å². The zero-order valence-corrected chi connectivity index (χ0v) is 23.1. The van der Waals surface area contributed by atoms with Gasteiger partial charge in [-0.15, -0.1) is 0 Å². The lowest BCUT2D eigenvalue weighted by molar-refractivity contribution is -0.100. The lowest BCUT2D eigenvalue weighted by atomic mass is 9.76. The van der Waals surface area contributed by atoms with Crippen LogP contribution in [0.4, 0.5) is 0 Å². The van der Waals surface area contributed by atoms with Crippen molar-refractivity contribution in [3.63, 3.8) is 0 Å². The predicted octanol–water partition coefficient (Wildman–Crippen LogP) is 4.47. The number of rotatable bonds is 6. The van der Waals surface area contributed by atoms with Crippen molar-refractivity contribution in [2.24, 2.45) is 17.4 Å². The zero-order chi connectivity index (χ0) is 27.1. The van der Waals surface area contributed by atoms with E-state index in [1.165, 1.54) is 0 Å². The standard InChI is InChI=1S/C32H40N6O/c1-20-18-37(19-21(2)39-20)27-15-26(16-27)32-36-30(31(22(3)34)38(32)14-13-33)25-10-9-24-11-12-28(35-29(24)17-25)23-7-5-4-6-8-23/h4-14,17,20-22,26-27,32,36H,15-16,18-19,33-34H2,1-3H3/b14-13-. The molecule has 0 spiro atoms. The Hall–Kier alpha value is -3.39. The van der Waals surface area contributed by atoms with Crippen molar-refractivity contribution in [2.75, 3.05) is 13.1 Å². The number of benzene rings is 2. The summed E-state index contributed by atoms with van der Waals surface area (Å²) in [5.74, 6) is 0.495. The summed E-state index contributed by atoms with van der Waals surface area (Å²) < 4.78 is 5.97. The van der Waals surface area contributed by atoms with Crippen molar-refractivity contribution >= 4 is 16.6 Å². The van der Waals surface area contributed by atoms with Gasteiger partial charge in [0.25, 0.3) is 0 Å². The maximum Gasteiger partial charge on any atom is 0.106 e. The van der Waals surface area contributed by atoms with E-state index in [1.807, 2.05) is 31.3 Å². The maximum absolute atomic E-state index is 6.60. The van der Waals surface area contributed by atoms with Crippen LogP contribution in [0.3, 0.4) is 0 Å². The zero-order valence-electron chi connectivity index (χ0n) is 23.1. The second-order valence-electron chi connectivity index (χ2n) is 11.5. The Balaban J connectivity index is 1.28. The minimum absolute atomic E-state index is 0.118. The van der Waals surface area contributed by atoms with E-state index < -0.39 is 0 Å². The molecule has 39 heavy (non-hydrogen) atoms. The molecule has 0 amide bonds. The number of nitrogens with two attached hydrogens (primary N) is 2. The Morgan fingerprint density at radius 1 is 1.00 bits per heavy atom. The summed E-state index contributed by atoms with van der Waals surface area (Å²) in [6, 6.07) is 21.5. The number of aromatic nitrogens is 1. The molecule has 6 rings (SSSR count). The topological polar surface area (TPSA) is 92.7 Å². The second kappa shape index (κ2) is 10.6. The molecule has 3 heterocycles. The van der Waals surface area contributed by atoms with E-state index in [2.05, 4.69) is 71.4 Å². The van der Waals surface area contributed by atoms with E-state index in [-0.39, 0.29) is 24.4 Å². The van der Waals surface area contributed by atoms with Crippen LogP contribution in [0.1, 0.15) is 39.2 Å². The van der Waals surface area contributed by atoms with Gasteiger partial charge in [0.2, 0.25) is 0 Å². The number of hydrogen-bond acceptors (Lipinski definition) is 7. The van der Waals surface area contributed by atoms with Crippen molar-refractivity contribution in [1.29, 1.82) is 0 Å². The molecule has 4 unspecified atom stereocenters. The molecule has 1 aromatic heterocycles. The highest BCUT2D eigenvalue weighted by molar-refractivity contribution is 5.86. The summed E-state index contributed by atoms with van der Waals surface area (Å²) in [6.45, 7) is 8.42. The van der Waals surface area contributed by atoms with Gasteiger partial charge in [-0.3, -0.25) is 4.90 Å². The Bertz CT molecular complexity index is 1370. The molecular weight excluding hydrogens is 484 g/mol. The molecule has 204 valence electrons. The molecule has 1 saturated carbocycles. The largest absolute Gasteiger partial charge is 0.403 e. The first-order valence-corrected chi connectivity index (χ1v) is 14.2. The average Bonchev–Trinajstić information content (AvgIpc) is 3.26. The van der Waals surface area contributed by atoms with Crippen molar-refractivity contribution in [2.45, 2.75) is 64.1 Å². The van der Waals surface area contributed by atoms with Gasteiger partial charge >= 0.3 is 0 Å². The van der Waals surface area contributed by atoms with Gasteiger partial charge in [0.05, 0.1) is 34.8 Å². The summed E-state index contributed by atoms with van der Waals surface area (Å²) in [7, 11) is 0. The molecule has 0 bridgehead atoms. The highest BCUT2D eigenvalue weighted by atomic mass is 16.5. The van der Waals surface area contributed by atoms with Crippen LogP contribution in [-0.2, 0) is 4.74 Å².